The smallest absolute Gasteiger partial charge is 0.146 e. The van der Waals surface area contributed by atoms with E-state index < -0.39 is 0 Å². The first-order valence-corrected chi connectivity index (χ1v) is 6.88. The van der Waals surface area contributed by atoms with Crippen LogP contribution in [0.15, 0.2) is 24.3 Å². The quantitative estimate of drug-likeness (QED) is 0.908. The predicted octanol–water partition coefficient (Wildman–Crippen LogP) is 2.07. The lowest BCUT2D eigenvalue weighted by atomic mass is 9.93. The third-order valence-electron chi connectivity index (χ3n) is 4.20. The van der Waals surface area contributed by atoms with Crippen LogP contribution in [-0.4, -0.2) is 43.2 Å². The number of rotatable bonds is 3. The van der Waals surface area contributed by atoms with Crippen LogP contribution in [0, 0.1) is 5.82 Å². The summed E-state index contributed by atoms with van der Waals surface area (Å²) in [6.45, 7) is 6.72. The van der Waals surface area contributed by atoms with Crippen molar-refractivity contribution < 1.29 is 4.39 Å². The van der Waals surface area contributed by atoms with Crippen LogP contribution in [0.4, 0.5) is 10.1 Å². The zero-order valence-corrected chi connectivity index (χ0v) is 12.1. The molecule has 4 heteroatoms. The summed E-state index contributed by atoms with van der Waals surface area (Å²) in [5, 5.41) is 0. The van der Waals surface area contributed by atoms with E-state index in [0.717, 1.165) is 19.5 Å². The summed E-state index contributed by atoms with van der Waals surface area (Å²) in [4.78, 5) is 4.52. The number of nitrogens with two attached hydrogens (primary N) is 1. The zero-order chi connectivity index (χ0) is 14.0. The number of para-hydroxylation sites is 1. The average Bonchev–Trinajstić information content (AvgIpc) is 2.35. The largest absolute Gasteiger partial charge is 0.366 e. The Hall–Kier alpha value is -1.13. The van der Waals surface area contributed by atoms with E-state index in [4.69, 9.17) is 5.73 Å². The first-order chi connectivity index (χ1) is 8.95. The van der Waals surface area contributed by atoms with E-state index in [0.29, 0.717) is 18.3 Å². The molecular formula is C15H24FN3. The van der Waals surface area contributed by atoms with Gasteiger partial charge in [0, 0.05) is 24.7 Å². The standard InChI is InChI=1S/C15H24FN3/c1-15(2)11-19(10-12(8-9-17)18(15)3)14-7-5-4-6-13(14)16/h4-7,12H,8-11,17H2,1-3H3. The number of piperazine rings is 1. The minimum absolute atomic E-state index is 0.0143. The van der Waals surface area contributed by atoms with E-state index in [1.165, 1.54) is 6.07 Å². The molecule has 19 heavy (non-hydrogen) atoms. The first-order valence-electron chi connectivity index (χ1n) is 6.88. The second kappa shape index (κ2) is 5.47. The van der Waals surface area contributed by atoms with Crippen molar-refractivity contribution in [1.29, 1.82) is 0 Å². The molecule has 1 atom stereocenters. The molecule has 0 spiro atoms. The second-order valence-corrected chi connectivity index (χ2v) is 5.99. The number of halogens is 1. The fourth-order valence-electron chi connectivity index (χ4n) is 2.88. The van der Waals surface area contributed by atoms with E-state index in [1.807, 2.05) is 12.1 Å². The molecule has 1 unspecified atom stereocenters. The van der Waals surface area contributed by atoms with Gasteiger partial charge in [0.1, 0.15) is 5.82 Å². The van der Waals surface area contributed by atoms with Crippen molar-refractivity contribution >= 4 is 5.69 Å². The lowest BCUT2D eigenvalue weighted by Crippen LogP contribution is -2.63. The van der Waals surface area contributed by atoms with Crippen LogP contribution in [0.5, 0.6) is 0 Å². The molecule has 1 saturated heterocycles. The van der Waals surface area contributed by atoms with Gasteiger partial charge in [0.25, 0.3) is 0 Å². The second-order valence-electron chi connectivity index (χ2n) is 5.99. The van der Waals surface area contributed by atoms with Gasteiger partial charge in [-0.3, -0.25) is 4.90 Å². The van der Waals surface area contributed by atoms with Gasteiger partial charge in [-0.25, -0.2) is 4.39 Å². The van der Waals surface area contributed by atoms with Crippen LogP contribution in [-0.2, 0) is 0 Å². The Bertz CT molecular complexity index is 433. The van der Waals surface area contributed by atoms with Gasteiger partial charge < -0.3 is 10.6 Å². The van der Waals surface area contributed by atoms with Gasteiger partial charge in [-0.15, -0.1) is 0 Å². The van der Waals surface area contributed by atoms with Crippen LogP contribution in [0.3, 0.4) is 0 Å². The number of benzene rings is 1. The SMILES string of the molecule is CN1C(CCN)CN(c2ccccc2F)CC1(C)C. The highest BCUT2D eigenvalue weighted by Gasteiger charge is 2.37. The number of hydrogen-bond acceptors (Lipinski definition) is 3. The molecular weight excluding hydrogens is 241 g/mol. The first kappa shape index (κ1) is 14.3. The van der Waals surface area contributed by atoms with Crippen molar-refractivity contribution in [3.63, 3.8) is 0 Å². The molecule has 106 valence electrons. The number of nitrogens with zero attached hydrogens (tertiary/aromatic N) is 2. The van der Waals surface area contributed by atoms with Crippen molar-refractivity contribution in [2.45, 2.75) is 31.8 Å². The summed E-state index contributed by atoms with van der Waals surface area (Å²) in [5.41, 5.74) is 6.42. The molecule has 0 radical (unpaired) electrons. The Morgan fingerprint density at radius 3 is 2.68 bits per heavy atom. The lowest BCUT2D eigenvalue weighted by molar-refractivity contribution is 0.0767. The molecule has 2 N–H and O–H groups in total. The van der Waals surface area contributed by atoms with Gasteiger partial charge >= 0.3 is 0 Å². The van der Waals surface area contributed by atoms with E-state index >= 15 is 0 Å². The van der Waals surface area contributed by atoms with Crippen molar-refractivity contribution in [1.82, 2.24) is 4.90 Å². The average molecular weight is 265 g/mol. The molecule has 1 aromatic rings. The Labute approximate surface area is 115 Å². The predicted molar refractivity (Wildman–Crippen MR) is 77.9 cm³/mol. The van der Waals surface area contributed by atoms with Gasteiger partial charge in [0.05, 0.1) is 5.69 Å². The van der Waals surface area contributed by atoms with Crippen LogP contribution < -0.4 is 10.6 Å². The van der Waals surface area contributed by atoms with E-state index in [2.05, 4.69) is 30.7 Å². The van der Waals surface area contributed by atoms with Gasteiger partial charge in [0.15, 0.2) is 0 Å². The van der Waals surface area contributed by atoms with E-state index in [-0.39, 0.29) is 11.4 Å². The summed E-state index contributed by atoms with van der Waals surface area (Å²) in [6, 6.07) is 7.38. The number of likely N-dealkylation sites (N-methyl/N-ethyl adjacent to an activating group) is 1. The maximum absolute atomic E-state index is 14.0. The van der Waals surface area contributed by atoms with Crippen LogP contribution in [0.2, 0.25) is 0 Å². The fourth-order valence-corrected chi connectivity index (χ4v) is 2.88. The molecule has 2 rings (SSSR count). The van der Waals surface area contributed by atoms with Gasteiger partial charge in [0.2, 0.25) is 0 Å². The third-order valence-corrected chi connectivity index (χ3v) is 4.20. The molecule has 3 nitrogen and oxygen atoms in total. The molecule has 1 aromatic carbocycles. The van der Waals surface area contributed by atoms with Crippen molar-refractivity contribution in [2.24, 2.45) is 5.73 Å². The Morgan fingerprint density at radius 2 is 2.05 bits per heavy atom. The topological polar surface area (TPSA) is 32.5 Å². The molecule has 1 heterocycles. The van der Waals surface area contributed by atoms with E-state index in [9.17, 15) is 4.39 Å². The van der Waals surface area contributed by atoms with E-state index in [1.54, 1.807) is 6.07 Å². The highest BCUT2D eigenvalue weighted by atomic mass is 19.1. The Balaban J connectivity index is 2.25. The molecule has 0 bridgehead atoms. The Morgan fingerprint density at radius 1 is 1.37 bits per heavy atom. The van der Waals surface area contributed by atoms with Crippen molar-refractivity contribution in [3.05, 3.63) is 30.1 Å². The maximum Gasteiger partial charge on any atom is 0.146 e. The zero-order valence-electron chi connectivity index (χ0n) is 12.1. The van der Waals surface area contributed by atoms with Crippen molar-refractivity contribution in [2.75, 3.05) is 31.6 Å². The normalized spacial score (nSPS) is 23.6. The number of hydrogen-bond donors (Lipinski definition) is 1. The molecule has 1 fully saturated rings. The molecule has 0 aliphatic carbocycles. The fraction of sp³-hybridized carbons (Fsp3) is 0.600. The van der Waals surface area contributed by atoms with Crippen LogP contribution >= 0.6 is 0 Å². The molecule has 0 amide bonds. The highest BCUT2D eigenvalue weighted by molar-refractivity contribution is 5.49. The highest BCUT2D eigenvalue weighted by Crippen LogP contribution is 2.29. The van der Waals surface area contributed by atoms with Crippen molar-refractivity contribution in [3.8, 4) is 0 Å². The summed E-state index contributed by atoms with van der Waals surface area (Å²) in [7, 11) is 2.14. The Kier molecular flexibility index (Phi) is 4.11. The summed E-state index contributed by atoms with van der Waals surface area (Å²) in [6.07, 6.45) is 0.935. The maximum atomic E-state index is 14.0. The molecule has 0 saturated carbocycles. The summed E-state index contributed by atoms with van der Waals surface area (Å²) in [5.74, 6) is -0.144. The molecule has 1 aliphatic heterocycles. The molecule has 1 aliphatic rings. The van der Waals surface area contributed by atoms with Gasteiger partial charge in [-0.2, -0.15) is 0 Å². The minimum atomic E-state index is -0.144. The molecule has 0 aromatic heterocycles. The summed E-state index contributed by atoms with van der Waals surface area (Å²) >= 11 is 0. The van der Waals surface area contributed by atoms with Gasteiger partial charge in [-0.05, 0) is 46.0 Å². The summed E-state index contributed by atoms with van der Waals surface area (Å²) < 4.78 is 14.0. The van der Waals surface area contributed by atoms with Gasteiger partial charge in [-0.1, -0.05) is 12.1 Å². The lowest BCUT2D eigenvalue weighted by Gasteiger charge is -2.51. The van der Waals surface area contributed by atoms with Crippen LogP contribution in [0.1, 0.15) is 20.3 Å². The monoisotopic (exact) mass is 265 g/mol. The minimum Gasteiger partial charge on any atom is -0.366 e. The number of anilines is 1. The van der Waals surface area contributed by atoms with Crippen LogP contribution in [0.25, 0.3) is 0 Å². The third kappa shape index (κ3) is 2.90.